The zero-order valence-corrected chi connectivity index (χ0v) is 39.6. The lowest BCUT2D eigenvalue weighted by Gasteiger charge is -2.28. The summed E-state index contributed by atoms with van der Waals surface area (Å²) >= 11 is 0. The van der Waals surface area contributed by atoms with E-state index in [9.17, 15) is 0 Å². The van der Waals surface area contributed by atoms with Gasteiger partial charge in [0.1, 0.15) is 0 Å². The van der Waals surface area contributed by atoms with Gasteiger partial charge in [0, 0.05) is 33.5 Å². The van der Waals surface area contributed by atoms with E-state index < -0.39 is 0 Å². The molecule has 0 saturated heterocycles. The van der Waals surface area contributed by atoms with Gasteiger partial charge in [-0.05, 0) is 137 Å². The predicted octanol–water partition coefficient (Wildman–Crippen LogP) is 19.9. The first-order chi connectivity index (χ1) is 35.7. The number of nitrogens with zero attached hydrogens (tertiary/aromatic N) is 2. The van der Waals surface area contributed by atoms with Gasteiger partial charge in [0.2, 0.25) is 0 Å². The molecule has 0 radical (unpaired) electrons. The van der Waals surface area contributed by atoms with Crippen molar-refractivity contribution in [3.63, 3.8) is 0 Å². The minimum Gasteiger partial charge on any atom is -0.310 e. The van der Waals surface area contributed by atoms with Gasteiger partial charge in [0.15, 0.2) is 0 Å². The molecule has 0 atom stereocenters. The van der Waals surface area contributed by atoms with Gasteiger partial charge in [0.05, 0.1) is 11.4 Å². The molecule has 13 aromatic rings. The first-order valence-electron chi connectivity index (χ1n) is 24.7. The van der Waals surface area contributed by atoms with Crippen molar-refractivity contribution in [3.8, 4) is 44.5 Å². The zero-order valence-electron chi connectivity index (χ0n) is 39.6. The molecule has 0 aromatic heterocycles. The molecule has 0 unspecified atom stereocenters. The Morgan fingerprint density at radius 3 is 0.778 bits per heavy atom. The molecule has 0 aliphatic carbocycles. The van der Waals surface area contributed by atoms with Crippen LogP contribution in [0.1, 0.15) is 0 Å². The van der Waals surface area contributed by atoms with E-state index in [0.29, 0.717) is 0 Å². The minimum absolute atomic E-state index is 1.09. The number of hydrogen-bond donors (Lipinski definition) is 0. The Hall–Kier alpha value is -9.50. The number of benzene rings is 13. The lowest BCUT2D eigenvalue weighted by Crippen LogP contribution is -2.11. The van der Waals surface area contributed by atoms with E-state index in [1.54, 1.807) is 0 Å². The third kappa shape index (κ3) is 7.92. The maximum atomic E-state index is 2.44. The topological polar surface area (TPSA) is 6.48 Å². The second kappa shape index (κ2) is 18.4. The molecule has 338 valence electrons. The molecule has 0 aliphatic heterocycles. The highest BCUT2D eigenvalue weighted by Crippen LogP contribution is 2.46. The highest BCUT2D eigenvalue weighted by atomic mass is 15.1. The molecule has 2 nitrogen and oxygen atoms in total. The lowest BCUT2D eigenvalue weighted by atomic mass is 9.97. The van der Waals surface area contributed by atoms with Crippen molar-refractivity contribution in [3.05, 3.63) is 291 Å². The smallest absolute Gasteiger partial charge is 0.0546 e. The number of fused-ring (bicyclic) bond motifs is 6. The highest BCUT2D eigenvalue weighted by molar-refractivity contribution is 6.16. The maximum absolute atomic E-state index is 2.44. The third-order valence-electron chi connectivity index (χ3n) is 14.2. The van der Waals surface area contributed by atoms with Crippen LogP contribution in [0.3, 0.4) is 0 Å². The fourth-order valence-electron chi connectivity index (χ4n) is 10.7. The number of hydrogen-bond acceptors (Lipinski definition) is 2. The van der Waals surface area contributed by atoms with Gasteiger partial charge in [0.25, 0.3) is 0 Å². The second-order valence-corrected chi connectivity index (χ2v) is 18.5. The first-order valence-corrected chi connectivity index (χ1v) is 24.7. The Balaban J connectivity index is 0.903. The summed E-state index contributed by atoms with van der Waals surface area (Å²) in [5.74, 6) is 0. The van der Waals surface area contributed by atoms with E-state index in [2.05, 4.69) is 301 Å². The molecule has 0 spiro atoms. The van der Waals surface area contributed by atoms with E-state index in [4.69, 9.17) is 0 Å². The van der Waals surface area contributed by atoms with Crippen LogP contribution in [-0.4, -0.2) is 0 Å². The van der Waals surface area contributed by atoms with E-state index in [1.807, 2.05) is 0 Å². The van der Waals surface area contributed by atoms with E-state index in [1.165, 1.54) is 65.3 Å². The van der Waals surface area contributed by atoms with Crippen LogP contribution in [0, 0.1) is 0 Å². The molecule has 72 heavy (non-hydrogen) atoms. The van der Waals surface area contributed by atoms with Crippen LogP contribution in [0.25, 0.3) is 87.6 Å². The van der Waals surface area contributed by atoms with E-state index in [0.717, 1.165) is 56.4 Å². The second-order valence-electron chi connectivity index (χ2n) is 18.5. The van der Waals surface area contributed by atoms with Crippen molar-refractivity contribution >= 4 is 77.2 Å². The van der Waals surface area contributed by atoms with Crippen LogP contribution in [0.15, 0.2) is 291 Å². The average molecular weight is 917 g/mol. The molecule has 0 heterocycles. The molecule has 0 bridgehead atoms. The van der Waals surface area contributed by atoms with Crippen molar-refractivity contribution in [1.29, 1.82) is 0 Å². The van der Waals surface area contributed by atoms with Crippen molar-refractivity contribution in [1.82, 2.24) is 0 Å². The van der Waals surface area contributed by atoms with Crippen molar-refractivity contribution in [2.45, 2.75) is 0 Å². The molecule has 0 N–H and O–H groups in total. The molecule has 0 saturated carbocycles. The van der Waals surface area contributed by atoms with Crippen molar-refractivity contribution in [2.75, 3.05) is 9.80 Å². The van der Waals surface area contributed by atoms with Crippen LogP contribution in [0.5, 0.6) is 0 Å². The Morgan fingerprint density at radius 1 is 0.167 bits per heavy atom. The van der Waals surface area contributed by atoms with Crippen LogP contribution in [0.2, 0.25) is 0 Å². The molecule has 13 rings (SSSR count). The van der Waals surface area contributed by atoms with Crippen LogP contribution in [0.4, 0.5) is 34.1 Å². The fraction of sp³-hybridized carbons (Fsp3) is 0. The van der Waals surface area contributed by atoms with Crippen molar-refractivity contribution < 1.29 is 0 Å². The summed E-state index contributed by atoms with van der Waals surface area (Å²) in [6.07, 6.45) is 0. The summed E-state index contributed by atoms with van der Waals surface area (Å²) < 4.78 is 0. The summed E-state index contributed by atoms with van der Waals surface area (Å²) in [7, 11) is 0. The summed E-state index contributed by atoms with van der Waals surface area (Å²) in [6.45, 7) is 0. The van der Waals surface area contributed by atoms with Gasteiger partial charge in [-0.3, -0.25) is 0 Å². The molecule has 0 fully saturated rings. The van der Waals surface area contributed by atoms with Gasteiger partial charge >= 0.3 is 0 Å². The highest BCUT2D eigenvalue weighted by Gasteiger charge is 2.21. The molecule has 13 aromatic carbocycles. The summed E-state index contributed by atoms with van der Waals surface area (Å²) in [5.41, 5.74) is 16.0. The first kappa shape index (κ1) is 42.6. The van der Waals surface area contributed by atoms with Gasteiger partial charge in [-0.2, -0.15) is 0 Å². The normalized spacial score (nSPS) is 11.3. The SMILES string of the molecule is c1ccc(-c2cccc(N(c3cccc(-c4ccc(-c5cccc(N(c6cccc(-c7ccccc7)c6)c6cc7ccccc7c7ccccc67)c5)cc4)c3)c3cc4ccccc4c4ccccc34)c2)cc1. The van der Waals surface area contributed by atoms with Gasteiger partial charge in [-0.25, -0.2) is 0 Å². The lowest BCUT2D eigenvalue weighted by molar-refractivity contribution is 1.30. The molecule has 2 heteroatoms. The van der Waals surface area contributed by atoms with E-state index in [-0.39, 0.29) is 0 Å². The molecule has 0 amide bonds. The largest absolute Gasteiger partial charge is 0.310 e. The zero-order chi connectivity index (χ0) is 47.8. The Labute approximate surface area is 420 Å². The Kier molecular flexibility index (Phi) is 10.9. The van der Waals surface area contributed by atoms with Gasteiger partial charge in [-0.15, -0.1) is 0 Å². The quantitative estimate of drug-likeness (QED) is 0.126. The molecular formula is C70H48N2. The van der Waals surface area contributed by atoms with Crippen LogP contribution in [-0.2, 0) is 0 Å². The Morgan fingerprint density at radius 2 is 0.431 bits per heavy atom. The standard InChI is InChI=1S/C70H48N2/c1-3-19-49(20-4-1)53-25-15-29-59(43-53)71(69-47-57-23-7-9-33-63(57)65-35-11-13-37-67(65)69)61-31-17-27-55(45-61)51-39-41-52(42-40-51)56-28-18-32-62(46-56)72(60-30-16-26-54(44-60)50-21-5-2-6-22-50)70-48-58-24-8-10-34-64(58)66-36-12-14-38-68(66)70/h1-48H. The van der Waals surface area contributed by atoms with Crippen molar-refractivity contribution in [2.24, 2.45) is 0 Å². The summed E-state index contributed by atoms with van der Waals surface area (Å²) in [4.78, 5) is 4.87. The fourth-order valence-corrected chi connectivity index (χ4v) is 10.7. The van der Waals surface area contributed by atoms with Gasteiger partial charge in [-0.1, -0.05) is 231 Å². The molecular weight excluding hydrogens is 869 g/mol. The number of anilines is 6. The monoisotopic (exact) mass is 916 g/mol. The predicted molar refractivity (Wildman–Crippen MR) is 308 cm³/mol. The van der Waals surface area contributed by atoms with Gasteiger partial charge < -0.3 is 9.80 Å². The van der Waals surface area contributed by atoms with Crippen LogP contribution < -0.4 is 9.80 Å². The summed E-state index contributed by atoms with van der Waals surface area (Å²) in [5, 5.41) is 9.80. The number of rotatable bonds is 10. The van der Waals surface area contributed by atoms with Crippen LogP contribution >= 0.6 is 0 Å². The average Bonchev–Trinajstić information content (AvgIpc) is 3.46. The maximum Gasteiger partial charge on any atom is 0.0546 e. The van der Waals surface area contributed by atoms with E-state index >= 15 is 0 Å². The summed E-state index contributed by atoms with van der Waals surface area (Å²) in [6, 6.07) is 106. The Bertz CT molecular complexity index is 3830. The third-order valence-corrected chi connectivity index (χ3v) is 14.2. The molecule has 0 aliphatic rings. The minimum atomic E-state index is 1.09.